The minimum absolute atomic E-state index is 0.0915. The number of carbonyl (C=O) groups excluding carboxylic acids is 2. The predicted octanol–water partition coefficient (Wildman–Crippen LogP) is 2.48. The number of aryl methyl sites for hydroxylation is 1. The Morgan fingerprint density at radius 2 is 2.22 bits per heavy atom. The zero-order valence-corrected chi connectivity index (χ0v) is 12.8. The molecule has 1 fully saturated rings. The molecule has 23 heavy (non-hydrogen) atoms. The first-order chi connectivity index (χ1) is 11.1. The fourth-order valence-electron chi connectivity index (χ4n) is 2.48. The van der Waals surface area contributed by atoms with Crippen molar-refractivity contribution in [3.63, 3.8) is 0 Å². The number of hydrogen-bond donors (Lipinski definition) is 1. The molecule has 0 saturated carbocycles. The fraction of sp³-hybridized carbons (Fsp3) is 0.235. The van der Waals surface area contributed by atoms with Gasteiger partial charge in [0.05, 0.1) is 6.21 Å². The molecule has 6 heteroatoms. The van der Waals surface area contributed by atoms with Crippen LogP contribution in [0.25, 0.3) is 0 Å². The molecule has 1 aromatic carbocycles. The molecular formula is C17H17N3O3. The molecule has 1 aliphatic rings. The van der Waals surface area contributed by atoms with E-state index in [1.165, 1.54) is 6.21 Å². The van der Waals surface area contributed by atoms with E-state index < -0.39 is 0 Å². The first-order valence-corrected chi connectivity index (χ1v) is 7.44. The van der Waals surface area contributed by atoms with Crippen LogP contribution in [0.5, 0.6) is 0 Å². The van der Waals surface area contributed by atoms with Crippen LogP contribution in [-0.4, -0.2) is 24.6 Å². The number of nitrogens with one attached hydrogen (secondary N) is 1. The average molecular weight is 311 g/mol. The van der Waals surface area contributed by atoms with Crippen molar-refractivity contribution in [2.45, 2.75) is 19.8 Å². The molecule has 0 radical (unpaired) electrons. The number of amides is 2. The Balaban J connectivity index is 1.67. The summed E-state index contributed by atoms with van der Waals surface area (Å²) in [6.45, 7) is 2.53. The summed E-state index contributed by atoms with van der Waals surface area (Å²) < 4.78 is 5.32. The quantitative estimate of drug-likeness (QED) is 0.696. The lowest BCUT2D eigenvalue weighted by Crippen LogP contribution is -2.24. The highest BCUT2D eigenvalue weighted by molar-refractivity contribution is 5.99. The predicted molar refractivity (Wildman–Crippen MR) is 86.5 cm³/mol. The van der Waals surface area contributed by atoms with Crippen LogP contribution in [0.3, 0.4) is 0 Å². The molecule has 2 heterocycles. The standard InChI is InChI=1S/C17H17N3O3/c1-12-7-8-15(23-12)11-18-19-17(22)13-4-2-5-14(10-13)20-9-3-6-16(20)21/h2,4-5,7-8,10-11H,3,6,9H2,1H3,(H,19,22)/b18-11-. The third-order valence-corrected chi connectivity index (χ3v) is 3.61. The molecule has 1 aromatic heterocycles. The van der Waals surface area contributed by atoms with Gasteiger partial charge in [-0.05, 0) is 43.7 Å². The van der Waals surface area contributed by atoms with Crippen molar-refractivity contribution in [2.75, 3.05) is 11.4 Å². The summed E-state index contributed by atoms with van der Waals surface area (Å²) in [7, 11) is 0. The summed E-state index contributed by atoms with van der Waals surface area (Å²) in [6.07, 6.45) is 2.85. The van der Waals surface area contributed by atoms with E-state index in [0.717, 1.165) is 17.9 Å². The minimum Gasteiger partial charge on any atom is -0.460 e. The van der Waals surface area contributed by atoms with Gasteiger partial charge in [-0.25, -0.2) is 5.43 Å². The maximum absolute atomic E-state index is 12.1. The highest BCUT2D eigenvalue weighted by Gasteiger charge is 2.22. The topological polar surface area (TPSA) is 74.9 Å². The van der Waals surface area contributed by atoms with Crippen LogP contribution in [0, 0.1) is 6.92 Å². The Morgan fingerprint density at radius 1 is 1.35 bits per heavy atom. The van der Waals surface area contributed by atoms with Crippen molar-refractivity contribution in [3.05, 3.63) is 53.5 Å². The van der Waals surface area contributed by atoms with Gasteiger partial charge in [0.15, 0.2) is 0 Å². The van der Waals surface area contributed by atoms with E-state index in [1.807, 2.05) is 19.1 Å². The van der Waals surface area contributed by atoms with Gasteiger partial charge in [-0.1, -0.05) is 6.07 Å². The monoisotopic (exact) mass is 311 g/mol. The maximum atomic E-state index is 12.1. The number of rotatable bonds is 4. The van der Waals surface area contributed by atoms with Gasteiger partial charge in [0, 0.05) is 24.2 Å². The van der Waals surface area contributed by atoms with Crippen molar-refractivity contribution in [1.82, 2.24) is 5.43 Å². The van der Waals surface area contributed by atoms with Gasteiger partial charge in [0.25, 0.3) is 5.91 Å². The van der Waals surface area contributed by atoms with Crippen molar-refractivity contribution >= 4 is 23.7 Å². The smallest absolute Gasteiger partial charge is 0.271 e. The van der Waals surface area contributed by atoms with Crippen LogP contribution < -0.4 is 10.3 Å². The van der Waals surface area contributed by atoms with E-state index in [9.17, 15) is 9.59 Å². The summed E-state index contributed by atoms with van der Waals surface area (Å²) in [5, 5.41) is 3.87. The number of benzene rings is 1. The molecule has 1 N–H and O–H groups in total. The zero-order valence-electron chi connectivity index (χ0n) is 12.8. The molecule has 1 saturated heterocycles. The van der Waals surface area contributed by atoms with Gasteiger partial charge in [0.1, 0.15) is 11.5 Å². The Hall–Kier alpha value is -2.89. The molecule has 1 aliphatic heterocycles. The molecule has 118 valence electrons. The van der Waals surface area contributed by atoms with Crippen molar-refractivity contribution < 1.29 is 14.0 Å². The van der Waals surface area contributed by atoms with Gasteiger partial charge in [-0.15, -0.1) is 0 Å². The third kappa shape index (κ3) is 3.48. The second-order valence-corrected chi connectivity index (χ2v) is 5.35. The molecule has 0 spiro atoms. The second-order valence-electron chi connectivity index (χ2n) is 5.35. The molecule has 2 amide bonds. The number of furan rings is 1. The number of carbonyl (C=O) groups is 2. The summed E-state index contributed by atoms with van der Waals surface area (Å²) in [6, 6.07) is 10.6. The van der Waals surface area contributed by atoms with Crippen molar-refractivity contribution in [1.29, 1.82) is 0 Å². The van der Waals surface area contributed by atoms with Crippen LogP contribution >= 0.6 is 0 Å². The molecule has 2 aromatic rings. The number of nitrogens with zero attached hydrogens (tertiary/aromatic N) is 2. The second kappa shape index (κ2) is 6.48. The van der Waals surface area contributed by atoms with E-state index >= 15 is 0 Å². The van der Waals surface area contributed by atoms with E-state index in [0.29, 0.717) is 24.3 Å². The SMILES string of the molecule is Cc1ccc(/C=N\NC(=O)c2cccc(N3CCCC3=O)c2)o1. The van der Waals surface area contributed by atoms with E-state index in [1.54, 1.807) is 29.2 Å². The lowest BCUT2D eigenvalue weighted by atomic mass is 10.2. The Bertz CT molecular complexity index is 764. The molecule has 0 bridgehead atoms. The maximum Gasteiger partial charge on any atom is 0.271 e. The highest BCUT2D eigenvalue weighted by atomic mass is 16.3. The molecule has 6 nitrogen and oxygen atoms in total. The lowest BCUT2D eigenvalue weighted by molar-refractivity contribution is -0.117. The number of hydrazone groups is 1. The highest BCUT2D eigenvalue weighted by Crippen LogP contribution is 2.22. The lowest BCUT2D eigenvalue weighted by Gasteiger charge is -2.16. The minimum atomic E-state index is -0.335. The number of hydrogen-bond acceptors (Lipinski definition) is 4. The summed E-state index contributed by atoms with van der Waals surface area (Å²) in [5.74, 6) is 1.10. The van der Waals surface area contributed by atoms with E-state index in [2.05, 4.69) is 10.5 Å². The largest absolute Gasteiger partial charge is 0.460 e. The van der Waals surface area contributed by atoms with Crippen LogP contribution in [-0.2, 0) is 4.79 Å². The van der Waals surface area contributed by atoms with Gasteiger partial charge >= 0.3 is 0 Å². The van der Waals surface area contributed by atoms with Crippen molar-refractivity contribution in [2.24, 2.45) is 5.10 Å². The molecular weight excluding hydrogens is 294 g/mol. The normalized spacial score (nSPS) is 14.7. The third-order valence-electron chi connectivity index (χ3n) is 3.61. The van der Waals surface area contributed by atoms with Gasteiger partial charge < -0.3 is 9.32 Å². The zero-order chi connectivity index (χ0) is 16.2. The van der Waals surface area contributed by atoms with Crippen LogP contribution in [0.4, 0.5) is 5.69 Å². The average Bonchev–Trinajstić information content (AvgIpc) is 3.16. The van der Waals surface area contributed by atoms with Crippen LogP contribution in [0.15, 0.2) is 45.9 Å². The first-order valence-electron chi connectivity index (χ1n) is 7.44. The van der Waals surface area contributed by atoms with E-state index in [4.69, 9.17) is 4.42 Å². The number of anilines is 1. The fourth-order valence-corrected chi connectivity index (χ4v) is 2.48. The molecule has 3 rings (SSSR count). The summed E-state index contributed by atoms with van der Waals surface area (Å²) >= 11 is 0. The van der Waals surface area contributed by atoms with Gasteiger partial charge in [-0.3, -0.25) is 9.59 Å². The van der Waals surface area contributed by atoms with Crippen LogP contribution in [0.1, 0.15) is 34.7 Å². The Labute approximate surface area is 133 Å². The van der Waals surface area contributed by atoms with Gasteiger partial charge in [-0.2, -0.15) is 5.10 Å². The summed E-state index contributed by atoms with van der Waals surface area (Å²) in [4.78, 5) is 25.6. The Morgan fingerprint density at radius 3 is 2.91 bits per heavy atom. The van der Waals surface area contributed by atoms with Gasteiger partial charge in [0.2, 0.25) is 5.91 Å². The molecule has 0 unspecified atom stereocenters. The first kappa shape index (κ1) is 15.0. The Kier molecular flexibility index (Phi) is 4.23. The molecule has 0 atom stereocenters. The van der Waals surface area contributed by atoms with E-state index in [-0.39, 0.29) is 11.8 Å². The van der Waals surface area contributed by atoms with Crippen LogP contribution in [0.2, 0.25) is 0 Å². The van der Waals surface area contributed by atoms with Crippen molar-refractivity contribution in [3.8, 4) is 0 Å². The summed E-state index contributed by atoms with van der Waals surface area (Å²) in [5.41, 5.74) is 3.65. The molecule has 0 aliphatic carbocycles.